The predicted octanol–water partition coefficient (Wildman–Crippen LogP) is 4.98. The molecule has 1 aromatic heterocycles. The van der Waals surface area contributed by atoms with Gasteiger partial charge in [0.15, 0.2) is 0 Å². The predicted molar refractivity (Wildman–Crippen MR) is 105 cm³/mol. The van der Waals surface area contributed by atoms with Crippen LogP contribution in [0.25, 0.3) is 22.2 Å². The lowest BCUT2D eigenvalue weighted by atomic mass is 10.1. The van der Waals surface area contributed by atoms with Crippen LogP contribution in [0.5, 0.6) is 0 Å². The van der Waals surface area contributed by atoms with Crippen molar-refractivity contribution < 1.29 is 4.79 Å². The minimum absolute atomic E-state index is 0.0239. The summed E-state index contributed by atoms with van der Waals surface area (Å²) in [5.41, 5.74) is 2.79. The maximum Gasteiger partial charge on any atom is 0.244 e. The largest absolute Gasteiger partial charge is 0.352 e. The summed E-state index contributed by atoms with van der Waals surface area (Å²) in [6.45, 7) is 1.90. The standard InChI is InChI=1S/C21H22ClN3O/c1-14(21(26)23-17-9-5-6-10-17)25-19-12-11-16(22)13-18(19)20(24-25)15-7-3-2-4-8-15/h2-4,7-8,11-14,17H,5-6,9-10H2,1H3,(H,23,26). The molecule has 4 rings (SSSR count). The van der Waals surface area contributed by atoms with Crippen LogP contribution in [0.15, 0.2) is 48.5 Å². The summed E-state index contributed by atoms with van der Waals surface area (Å²) in [5, 5.41) is 9.60. The molecule has 0 bridgehead atoms. The van der Waals surface area contributed by atoms with Crippen molar-refractivity contribution >= 4 is 28.4 Å². The molecule has 0 radical (unpaired) electrons. The van der Waals surface area contributed by atoms with E-state index in [9.17, 15) is 4.79 Å². The highest BCUT2D eigenvalue weighted by molar-refractivity contribution is 6.31. The van der Waals surface area contributed by atoms with E-state index in [0.29, 0.717) is 11.1 Å². The molecule has 1 unspecified atom stereocenters. The van der Waals surface area contributed by atoms with Gasteiger partial charge in [-0.25, -0.2) is 0 Å². The fraction of sp³-hybridized carbons (Fsp3) is 0.333. The summed E-state index contributed by atoms with van der Waals surface area (Å²) in [7, 11) is 0. The van der Waals surface area contributed by atoms with Gasteiger partial charge in [0.1, 0.15) is 11.7 Å². The van der Waals surface area contributed by atoms with E-state index >= 15 is 0 Å². The number of carbonyl (C=O) groups is 1. The number of aromatic nitrogens is 2. The molecule has 2 aromatic carbocycles. The zero-order valence-electron chi connectivity index (χ0n) is 14.8. The van der Waals surface area contributed by atoms with Crippen LogP contribution < -0.4 is 5.32 Å². The Labute approximate surface area is 158 Å². The number of nitrogens with zero attached hydrogens (tertiary/aromatic N) is 2. The Balaban J connectivity index is 1.74. The number of halogens is 1. The normalized spacial score (nSPS) is 16.1. The summed E-state index contributed by atoms with van der Waals surface area (Å²) >= 11 is 6.23. The highest BCUT2D eigenvalue weighted by Crippen LogP contribution is 2.32. The fourth-order valence-corrected chi connectivity index (χ4v) is 3.89. The van der Waals surface area contributed by atoms with Crippen molar-refractivity contribution in [2.75, 3.05) is 0 Å². The number of fused-ring (bicyclic) bond motifs is 1. The molecule has 1 amide bonds. The molecule has 1 heterocycles. The second-order valence-electron chi connectivity index (χ2n) is 6.99. The van der Waals surface area contributed by atoms with Crippen molar-refractivity contribution in [2.45, 2.75) is 44.7 Å². The van der Waals surface area contributed by atoms with Gasteiger partial charge in [0, 0.05) is 22.0 Å². The lowest BCUT2D eigenvalue weighted by Gasteiger charge is -2.17. The average molecular weight is 368 g/mol. The van der Waals surface area contributed by atoms with Crippen LogP contribution in [0.3, 0.4) is 0 Å². The van der Waals surface area contributed by atoms with Gasteiger partial charge in [0.2, 0.25) is 5.91 Å². The third-order valence-corrected chi connectivity index (χ3v) is 5.40. The maximum atomic E-state index is 12.8. The summed E-state index contributed by atoms with van der Waals surface area (Å²) < 4.78 is 1.82. The molecule has 1 N–H and O–H groups in total. The van der Waals surface area contributed by atoms with Gasteiger partial charge in [-0.1, -0.05) is 54.8 Å². The van der Waals surface area contributed by atoms with Gasteiger partial charge >= 0.3 is 0 Å². The van der Waals surface area contributed by atoms with Crippen LogP contribution in [0.1, 0.15) is 38.6 Å². The van der Waals surface area contributed by atoms with Gasteiger partial charge in [0.05, 0.1) is 5.52 Å². The van der Waals surface area contributed by atoms with Crippen molar-refractivity contribution in [1.82, 2.24) is 15.1 Å². The SMILES string of the molecule is CC(C(=O)NC1CCCC1)n1nc(-c2ccccc2)c2cc(Cl)ccc21. The molecule has 1 aliphatic rings. The summed E-state index contributed by atoms with van der Waals surface area (Å²) in [6.07, 6.45) is 4.54. The first kappa shape index (κ1) is 17.1. The van der Waals surface area contributed by atoms with E-state index in [4.69, 9.17) is 16.7 Å². The second-order valence-corrected chi connectivity index (χ2v) is 7.42. The van der Waals surface area contributed by atoms with Crippen molar-refractivity contribution in [1.29, 1.82) is 0 Å². The Bertz CT molecular complexity index is 929. The molecule has 5 heteroatoms. The number of nitrogens with one attached hydrogen (secondary N) is 1. The van der Waals surface area contributed by atoms with Gasteiger partial charge < -0.3 is 5.32 Å². The molecule has 26 heavy (non-hydrogen) atoms. The monoisotopic (exact) mass is 367 g/mol. The van der Waals surface area contributed by atoms with Crippen LogP contribution in [0.4, 0.5) is 0 Å². The Hall–Kier alpha value is -2.33. The molecular weight excluding hydrogens is 346 g/mol. The second kappa shape index (κ2) is 7.12. The first-order valence-electron chi connectivity index (χ1n) is 9.17. The molecular formula is C21H22ClN3O. The number of carbonyl (C=O) groups excluding carboxylic acids is 1. The van der Waals surface area contributed by atoms with Crippen molar-refractivity contribution in [3.05, 3.63) is 53.6 Å². The van der Waals surface area contributed by atoms with E-state index in [1.54, 1.807) is 0 Å². The van der Waals surface area contributed by atoms with Crippen molar-refractivity contribution in [2.24, 2.45) is 0 Å². The molecule has 0 spiro atoms. The van der Waals surface area contributed by atoms with Crippen LogP contribution in [0.2, 0.25) is 5.02 Å². The lowest BCUT2D eigenvalue weighted by Crippen LogP contribution is -2.37. The Morgan fingerprint density at radius 2 is 1.92 bits per heavy atom. The fourth-order valence-electron chi connectivity index (χ4n) is 3.72. The van der Waals surface area contributed by atoms with Crippen LogP contribution >= 0.6 is 11.6 Å². The third kappa shape index (κ3) is 3.21. The Kier molecular flexibility index (Phi) is 4.68. The molecule has 1 atom stereocenters. The first-order valence-corrected chi connectivity index (χ1v) is 9.55. The lowest BCUT2D eigenvalue weighted by molar-refractivity contribution is -0.124. The van der Waals surface area contributed by atoms with Gasteiger partial charge in [-0.3, -0.25) is 9.48 Å². The number of hydrogen-bond donors (Lipinski definition) is 1. The van der Waals surface area contributed by atoms with E-state index in [2.05, 4.69) is 5.32 Å². The smallest absolute Gasteiger partial charge is 0.244 e. The number of amides is 1. The van der Waals surface area contributed by atoms with Gasteiger partial charge in [-0.15, -0.1) is 0 Å². The molecule has 134 valence electrons. The van der Waals surface area contributed by atoms with Gasteiger partial charge in [0.25, 0.3) is 0 Å². The van der Waals surface area contributed by atoms with Crippen LogP contribution in [-0.4, -0.2) is 21.7 Å². The topological polar surface area (TPSA) is 46.9 Å². The van der Waals surface area contributed by atoms with Crippen molar-refractivity contribution in [3.8, 4) is 11.3 Å². The quantitative estimate of drug-likeness (QED) is 0.707. The molecule has 0 aliphatic heterocycles. The first-order chi connectivity index (χ1) is 12.6. The number of benzene rings is 2. The number of rotatable bonds is 4. The summed E-state index contributed by atoms with van der Waals surface area (Å²) in [6, 6.07) is 15.6. The van der Waals surface area contributed by atoms with E-state index in [1.807, 2.05) is 60.1 Å². The third-order valence-electron chi connectivity index (χ3n) is 5.16. The Morgan fingerprint density at radius 3 is 2.65 bits per heavy atom. The molecule has 0 saturated heterocycles. The van der Waals surface area contributed by atoms with Gasteiger partial charge in [-0.2, -0.15) is 5.10 Å². The maximum absolute atomic E-state index is 12.8. The minimum atomic E-state index is -0.378. The van der Waals surface area contributed by atoms with Gasteiger partial charge in [-0.05, 0) is 38.0 Å². The highest BCUT2D eigenvalue weighted by Gasteiger charge is 2.24. The van der Waals surface area contributed by atoms with Crippen molar-refractivity contribution in [3.63, 3.8) is 0 Å². The number of hydrogen-bond acceptors (Lipinski definition) is 2. The zero-order chi connectivity index (χ0) is 18.1. The van der Waals surface area contributed by atoms with Crippen LogP contribution in [0, 0.1) is 0 Å². The molecule has 1 aliphatic carbocycles. The molecule has 4 nitrogen and oxygen atoms in total. The van der Waals surface area contributed by atoms with E-state index in [-0.39, 0.29) is 11.9 Å². The molecule has 1 fully saturated rings. The zero-order valence-corrected chi connectivity index (χ0v) is 15.5. The molecule has 1 saturated carbocycles. The average Bonchev–Trinajstić information content (AvgIpc) is 3.29. The van der Waals surface area contributed by atoms with Crippen LogP contribution in [-0.2, 0) is 4.79 Å². The van der Waals surface area contributed by atoms with E-state index in [0.717, 1.165) is 35.0 Å². The Morgan fingerprint density at radius 1 is 1.19 bits per heavy atom. The summed E-state index contributed by atoms with van der Waals surface area (Å²) in [5.74, 6) is 0.0239. The van der Waals surface area contributed by atoms with E-state index in [1.165, 1.54) is 12.8 Å². The minimum Gasteiger partial charge on any atom is -0.352 e. The molecule has 3 aromatic rings. The highest BCUT2D eigenvalue weighted by atomic mass is 35.5. The van der Waals surface area contributed by atoms with E-state index < -0.39 is 0 Å². The summed E-state index contributed by atoms with van der Waals surface area (Å²) in [4.78, 5) is 12.8.